The van der Waals surface area contributed by atoms with Crippen LogP contribution in [0.25, 0.3) is 0 Å². The summed E-state index contributed by atoms with van der Waals surface area (Å²) in [5, 5.41) is 0. The van der Waals surface area contributed by atoms with Crippen LogP contribution >= 0.6 is 0 Å². The highest BCUT2D eigenvalue weighted by Crippen LogP contribution is 2.68. The van der Waals surface area contributed by atoms with Crippen LogP contribution in [0.1, 0.15) is 34.6 Å². The number of nitrogens with two attached hydrogens (primary N) is 1. The molecule has 1 unspecified atom stereocenters. The van der Waals surface area contributed by atoms with Crippen LogP contribution in [0.5, 0.6) is 0 Å². The molecule has 0 aromatic rings. The van der Waals surface area contributed by atoms with Crippen LogP contribution in [-0.4, -0.2) is 43.2 Å². The van der Waals surface area contributed by atoms with Crippen molar-refractivity contribution in [3.63, 3.8) is 0 Å². The minimum Gasteiger partial charge on any atom is -0.375 e. The second-order valence-electron chi connectivity index (χ2n) is 6.82. The molecule has 2 N–H and O–H groups in total. The van der Waals surface area contributed by atoms with Gasteiger partial charge in [0.15, 0.2) is 5.96 Å². The minimum atomic E-state index is 0.251. The summed E-state index contributed by atoms with van der Waals surface area (Å²) in [5.74, 6) is 1.32. The summed E-state index contributed by atoms with van der Waals surface area (Å²) in [6.45, 7) is 14.7. The maximum absolute atomic E-state index is 6.08. The van der Waals surface area contributed by atoms with E-state index in [2.05, 4.69) is 44.5 Å². The molecular weight excluding hydrogens is 226 g/mol. The Kier molecular flexibility index (Phi) is 3.34. The van der Waals surface area contributed by atoms with Crippen LogP contribution in [-0.2, 0) is 4.74 Å². The maximum atomic E-state index is 6.08. The number of rotatable bonds is 2. The molecule has 4 heteroatoms. The van der Waals surface area contributed by atoms with Crippen LogP contribution in [0, 0.1) is 16.7 Å². The topological polar surface area (TPSA) is 50.8 Å². The molecule has 0 amide bonds. The van der Waals surface area contributed by atoms with Crippen molar-refractivity contribution >= 4 is 5.96 Å². The fourth-order valence-electron chi connectivity index (χ4n) is 3.10. The van der Waals surface area contributed by atoms with Gasteiger partial charge in [0.25, 0.3) is 0 Å². The van der Waals surface area contributed by atoms with Gasteiger partial charge in [-0.15, -0.1) is 0 Å². The van der Waals surface area contributed by atoms with Crippen LogP contribution in [0.3, 0.4) is 0 Å². The number of hydrogen-bond donors (Lipinski definition) is 1. The molecule has 1 saturated heterocycles. The lowest BCUT2D eigenvalue weighted by molar-refractivity contribution is 0.00528. The van der Waals surface area contributed by atoms with Gasteiger partial charge >= 0.3 is 0 Å². The Labute approximate surface area is 111 Å². The molecule has 1 aliphatic heterocycles. The highest BCUT2D eigenvalue weighted by Gasteiger charge is 2.64. The number of guanidine groups is 1. The summed E-state index contributed by atoms with van der Waals surface area (Å²) in [5.41, 5.74) is 6.85. The summed E-state index contributed by atoms with van der Waals surface area (Å²) in [7, 11) is 0. The number of aliphatic imine (C=N–C) groups is 1. The zero-order chi connectivity index (χ0) is 13.6. The first-order valence-corrected chi connectivity index (χ1v) is 6.93. The standard InChI is InChI=1S/C14H27N3O/c1-10-9-17(6-7-18-10)12(15)16-8-11-13(2,3)14(11,4)5/h10-11H,6-9H2,1-5H3,(H2,15,16). The van der Waals surface area contributed by atoms with Crippen molar-refractivity contribution < 1.29 is 4.74 Å². The van der Waals surface area contributed by atoms with E-state index in [0.717, 1.165) is 26.2 Å². The third kappa shape index (κ3) is 2.22. The van der Waals surface area contributed by atoms with Crippen molar-refractivity contribution in [1.29, 1.82) is 0 Å². The lowest BCUT2D eigenvalue weighted by atomic mass is 10.0. The van der Waals surface area contributed by atoms with E-state index in [0.29, 0.717) is 22.7 Å². The van der Waals surface area contributed by atoms with Crippen LogP contribution in [0.2, 0.25) is 0 Å². The van der Waals surface area contributed by atoms with E-state index in [1.165, 1.54) is 0 Å². The van der Waals surface area contributed by atoms with Gasteiger partial charge < -0.3 is 15.4 Å². The molecule has 1 aliphatic carbocycles. The fraction of sp³-hybridized carbons (Fsp3) is 0.929. The Bertz CT molecular complexity index is 335. The molecule has 0 spiro atoms. The molecule has 1 saturated carbocycles. The van der Waals surface area contributed by atoms with E-state index in [9.17, 15) is 0 Å². The van der Waals surface area contributed by atoms with Gasteiger partial charge in [0.2, 0.25) is 0 Å². The second-order valence-corrected chi connectivity index (χ2v) is 6.82. The van der Waals surface area contributed by atoms with Crippen LogP contribution in [0.15, 0.2) is 4.99 Å². The molecule has 104 valence electrons. The lowest BCUT2D eigenvalue weighted by Crippen LogP contribution is -2.48. The zero-order valence-corrected chi connectivity index (χ0v) is 12.4. The molecule has 1 atom stereocenters. The third-order valence-corrected chi connectivity index (χ3v) is 5.32. The zero-order valence-electron chi connectivity index (χ0n) is 12.4. The highest BCUT2D eigenvalue weighted by molar-refractivity contribution is 5.78. The first-order chi connectivity index (χ1) is 8.26. The summed E-state index contributed by atoms with van der Waals surface area (Å²) >= 11 is 0. The molecular formula is C14H27N3O. The van der Waals surface area contributed by atoms with Gasteiger partial charge in [0.1, 0.15) is 0 Å². The largest absolute Gasteiger partial charge is 0.375 e. The number of ether oxygens (including phenoxy) is 1. The number of hydrogen-bond acceptors (Lipinski definition) is 2. The fourth-order valence-corrected chi connectivity index (χ4v) is 3.10. The Morgan fingerprint density at radius 1 is 1.33 bits per heavy atom. The summed E-state index contributed by atoms with van der Waals surface area (Å²) in [6, 6.07) is 0. The lowest BCUT2D eigenvalue weighted by Gasteiger charge is -2.31. The Hall–Kier alpha value is -0.770. The van der Waals surface area contributed by atoms with E-state index in [4.69, 9.17) is 10.5 Å². The molecule has 1 heterocycles. The predicted octanol–water partition coefficient (Wildman–Crippen LogP) is 1.70. The van der Waals surface area contributed by atoms with Gasteiger partial charge in [0, 0.05) is 19.6 Å². The number of morpholine rings is 1. The molecule has 0 aromatic carbocycles. The first-order valence-electron chi connectivity index (χ1n) is 6.93. The van der Waals surface area contributed by atoms with Gasteiger partial charge in [-0.2, -0.15) is 0 Å². The monoisotopic (exact) mass is 253 g/mol. The first kappa shape index (κ1) is 13.7. The van der Waals surface area contributed by atoms with Crippen molar-refractivity contribution in [2.24, 2.45) is 27.5 Å². The van der Waals surface area contributed by atoms with Gasteiger partial charge in [-0.1, -0.05) is 27.7 Å². The third-order valence-electron chi connectivity index (χ3n) is 5.32. The second kappa shape index (κ2) is 4.41. The van der Waals surface area contributed by atoms with Crippen LogP contribution < -0.4 is 5.73 Å². The Morgan fingerprint density at radius 3 is 2.44 bits per heavy atom. The summed E-state index contributed by atoms with van der Waals surface area (Å²) < 4.78 is 5.51. The molecule has 2 fully saturated rings. The molecule has 18 heavy (non-hydrogen) atoms. The van der Waals surface area contributed by atoms with Crippen molar-refractivity contribution in [3.8, 4) is 0 Å². The van der Waals surface area contributed by atoms with E-state index in [1.807, 2.05) is 0 Å². The molecule has 0 bridgehead atoms. The minimum absolute atomic E-state index is 0.251. The van der Waals surface area contributed by atoms with Crippen LogP contribution in [0.4, 0.5) is 0 Å². The molecule has 2 rings (SSSR count). The Morgan fingerprint density at radius 2 is 1.94 bits per heavy atom. The Balaban J connectivity index is 1.90. The van der Waals surface area contributed by atoms with Gasteiger partial charge in [-0.05, 0) is 23.7 Å². The highest BCUT2D eigenvalue weighted by atomic mass is 16.5. The molecule has 4 nitrogen and oxygen atoms in total. The summed E-state index contributed by atoms with van der Waals surface area (Å²) in [4.78, 5) is 6.74. The summed E-state index contributed by atoms with van der Waals surface area (Å²) in [6.07, 6.45) is 0.251. The normalized spacial score (nSPS) is 31.5. The van der Waals surface area contributed by atoms with Crippen molar-refractivity contribution in [3.05, 3.63) is 0 Å². The van der Waals surface area contributed by atoms with Crippen molar-refractivity contribution in [1.82, 2.24) is 4.90 Å². The molecule has 0 aromatic heterocycles. The smallest absolute Gasteiger partial charge is 0.191 e. The molecule has 0 radical (unpaired) electrons. The maximum Gasteiger partial charge on any atom is 0.191 e. The van der Waals surface area contributed by atoms with Crippen molar-refractivity contribution in [2.75, 3.05) is 26.2 Å². The average Bonchev–Trinajstić information content (AvgIpc) is 2.66. The van der Waals surface area contributed by atoms with E-state index in [1.54, 1.807) is 0 Å². The van der Waals surface area contributed by atoms with Gasteiger partial charge in [-0.25, -0.2) is 0 Å². The van der Waals surface area contributed by atoms with Gasteiger partial charge in [-0.3, -0.25) is 4.99 Å². The van der Waals surface area contributed by atoms with E-state index >= 15 is 0 Å². The van der Waals surface area contributed by atoms with E-state index in [-0.39, 0.29) is 6.10 Å². The van der Waals surface area contributed by atoms with E-state index < -0.39 is 0 Å². The quantitative estimate of drug-likeness (QED) is 0.602. The van der Waals surface area contributed by atoms with Crippen molar-refractivity contribution in [2.45, 2.75) is 40.7 Å². The molecule has 2 aliphatic rings. The average molecular weight is 253 g/mol. The van der Waals surface area contributed by atoms with Gasteiger partial charge in [0.05, 0.1) is 12.7 Å². The predicted molar refractivity (Wildman–Crippen MR) is 74.5 cm³/mol. The number of nitrogens with zero attached hydrogens (tertiary/aromatic N) is 2. The SMILES string of the molecule is CC1CN(C(N)=NCC2C(C)(C)C2(C)C)CCO1.